The molecule has 2 aliphatic carbocycles. The van der Waals surface area contributed by atoms with Crippen LogP contribution < -0.4 is 0 Å². The van der Waals surface area contributed by atoms with Crippen molar-refractivity contribution in [3.8, 4) is 0 Å². The van der Waals surface area contributed by atoms with Crippen molar-refractivity contribution in [1.29, 1.82) is 0 Å². The Morgan fingerprint density at radius 1 is 0.538 bits per heavy atom. The van der Waals surface area contributed by atoms with Crippen LogP contribution in [-0.4, -0.2) is 0 Å². The summed E-state index contributed by atoms with van der Waals surface area (Å²) in [5.74, 6) is 2.24. The first-order valence-corrected chi connectivity index (χ1v) is 6.45. The largest absolute Gasteiger partial charge is 0.0533 e. The second-order valence-corrected chi connectivity index (χ2v) is 5.24. The average molecular weight is 180 g/mol. The van der Waals surface area contributed by atoms with E-state index < -0.39 is 0 Å². The van der Waals surface area contributed by atoms with Crippen LogP contribution in [0, 0.1) is 11.8 Å². The molecule has 0 aliphatic heterocycles. The van der Waals surface area contributed by atoms with E-state index in [9.17, 15) is 0 Å². The van der Waals surface area contributed by atoms with Gasteiger partial charge in [0.1, 0.15) is 0 Å². The zero-order valence-electron chi connectivity index (χ0n) is 8.93. The molecular formula is C13H24. The van der Waals surface area contributed by atoms with Gasteiger partial charge in [-0.15, -0.1) is 0 Å². The van der Waals surface area contributed by atoms with Crippen LogP contribution in [0.25, 0.3) is 0 Å². The molecule has 0 aromatic carbocycles. The van der Waals surface area contributed by atoms with Crippen molar-refractivity contribution in [1.82, 2.24) is 0 Å². The molecule has 0 nitrogen and oxygen atoms in total. The number of hydrogen-bond acceptors (Lipinski definition) is 0. The first-order chi connectivity index (χ1) is 6.45. The highest BCUT2D eigenvalue weighted by molar-refractivity contribution is 4.73. The van der Waals surface area contributed by atoms with Gasteiger partial charge >= 0.3 is 0 Å². The lowest BCUT2D eigenvalue weighted by Gasteiger charge is -2.18. The van der Waals surface area contributed by atoms with E-state index in [1.165, 1.54) is 38.5 Å². The first-order valence-electron chi connectivity index (χ1n) is 6.45. The molecule has 0 spiro atoms. The van der Waals surface area contributed by atoms with Crippen molar-refractivity contribution in [2.75, 3.05) is 0 Å². The van der Waals surface area contributed by atoms with E-state index in [0.717, 1.165) is 11.8 Å². The minimum absolute atomic E-state index is 1.12. The van der Waals surface area contributed by atoms with Crippen LogP contribution in [0.4, 0.5) is 0 Å². The molecule has 0 unspecified atom stereocenters. The Hall–Kier alpha value is 0. The molecule has 76 valence electrons. The minimum Gasteiger partial charge on any atom is -0.0533 e. The molecule has 0 bridgehead atoms. The highest BCUT2D eigenvalue weighted by atomic mass is 14.3. The van der Waals surface area contributed by atoms with Gasteiger partial charge in [0.2, 0.25) is 0 Å². The standard InChI is InChI=1S/C13H24/c1-2-4-8-12(7-3-1)11-13-9-5-6-10-13/h12-13H,1-11H2. The molecule has 13 heavy (non-hydrogen) atoms. The van der Waals surface area contributed by atoms with Gasteiger partial charge in [0.05, 0.1) is 0 Å². The molecule has 0 heterocycles. The first kappa shape index (κ1) is 9.55. The normalized spacial score (nSPS) is 27.7. The predicted octanol–water partition coefficient (Wildman–Crippen LogP) is 4.54. The Morgan fingerprint density at radius 2 is 0.923 bits per heavy atom. The van der Waals surface area contributed by atoms with Gasteiger partial charge in [-0.3, -0.25) is 0 Å². The molecular weight excluding hydrogens is 156 g/mol. The van der Waals surface area contributed by atoms with Gasteiger partial charge in [0.15, 0.2) is 0 Å². The van der Waals surface area contributed by atoms with E-state index in [-0.39, 0.29) is 0 Å². The maximum absolute atomic E-state index is 1.58. The fourth-order valence-corrected chi connectivity index (χ4v) is 3.32. The van der Waals surface area contributed by atoms with E-state index in [1.807, 2.05) is 0 Å². The molecule has 0 radical (unpaired) electrons. The number of hydrogen-bond donors (Lipinski definition) is 0. The van der Waals surface area contributed by atoms with Crippen LogP contribution >= 0.6 is 0 Å². The summed E-state index contributed by atoms with van der Waals surface area (Å²) >= 11 is 0. The van der Waals surface area contributed by atoms with Gasteiger partial charge in [0.25, 0.3) is 0 Å². The van der Waals surface area contributed by atoms with E-state index in [0.29, 0.717) is 0 Å². The Bertz CT molecular complexity index is 125. The summed E-state index contributed by atoms with van der Waals surface area (Å²) in [5.41, 5.74) is 0. The SMILES string of the molecule is C1CCCC(CC2CCCC2)CC1. The molecule has 0 N–H and O–H groups in total. The zero-order valence-corrected chi connectivity index (χ0v) is 8.93. The third-order valence-electron chi connectivity index (χ3n) is 4.12. The van der Waals surface area contributed by atoms with E-state index in [2.05, 4.69) is 0 Å². The Labute approximate surface area is 83.1 Å². The van der Waals surface area contributed by atoms with Crippen LogP contribution in [0.3, 0.4) is 0 Å². The minimum atomic E-state index is 1.12. The van der Waals surface area contributed by atoms with Gasteiger partial charge in [-0.1, -0.05) is 64.2 Å². The monoisotopic (exact) mass is 180 g/mol. The van der Waals surface area contributed by atoms with Crippen LogP contribution in [0.15, 0.2) is 0 Å². The Balaban J connectivity index is 1.71. The fraction of sp³-hybridized carbons (Fsp3) is 1.00. The lowest BCUT2D eigenvalue weighted by molar-refractivity contribution is 0.343. The van der Waals surface area contributed by atoms with E-state index >= 15 is 0 Å². The predicted molar refractivity (Wildman–Crippen MR) is 57.8 cm³/mol. The maximum Gasteiger partial charge on any atom is -0.0412 e. The quantitative estimate of drug-likeness (QED) is 0.547. The van der Waals surface area contributed by atoms with Crippen molar-refractivity contribution in [3.63, 3.8) is 0 Å². The van der Waals surface area contributed by atoms with Crippen molar-refractivity contribution >= 4 is 0 Å². The summed E-state index contributed by atoms with van der Waals surface area (Å²) < 4.78 is 0. The topological polar surface area (TPSA) is 0 Å². The van der Waals surface area contributed by atoms with Gasteiger partial charge in [0, 0.05) is 0 Å². The maximum atomic E-state index is 1.58. The highest BCUT2D eigenvalue weighted by Gasteiger charge is 2.20. The molecule has 0 amide bonds. The molecule has 2 fully saturated rings. The second kappa shape index (κ2) is 5.02. The summed E-state index contributed by atoms with van der Waals surface area (Å²) in [6.45, 7) is 0. The third-order valence-corrected chi connectivity index (χ3v) is 4.12. The molecule has 0 aromatic rings. The van der Waals surface area contributed by atoms with Gasteiger partial charge in [-0.2, -0.15) is 0 Å². The Kier molecular flexibility index (Phi) is 3.69. The molecule has 0 heteroatoms. The molecule has 2 saturated carbocycles. The van der Waals surface area contributed by atoms with Crippen LogP contribution in [-0.2, 0) is 0 Å². The fourth-order valence-electron chi connectivity index (χ4n) is 3.32. The average Bonchev–Trinajstić information content (AvgIpc) is 2.49. The van der Waals surface area contributed by atoms with Crippen molar-refractivity contribution in [2.24, 2.45) is 11.8 Å². The molecule has 2 rings (SSSR count). The van der Waals surface area contributed by atoms with Gasteiger partial charge in [-0.05, 0) is 18.3 Å². The summed E-state index contributed by atoms with van der Waals surface area (Å²) in [5, 5.41) is 0. The zero-order chi connectivity index (χ0) is 8.93. The molecule has 2 aliphatic rings. The van der Waals surface area contributed by atoms with Crippen molar-refractivity contribution in [3.05, 3.63) is 0 Å². The van der Waals surface area contributed by atoms with Crippen LogP contribution in [0.5, 0.6) is 0 Å². The van der Waals surface area contributed by atoms with E-state index in [1.54, 1.807) is 32.1 Å². The van der Waals surface area contributed by atoms with Crippen molar-refractivity contribution in [2.45, 2.75) is 70.6 Å². The third kappa shape index (κ3) is 3.00. The summed E-state index contributed by atoms with van der Waals surface area (Å²) in [6, 6.07) is 0. The lowest BCUT2D eigenvalue weighted by Crippen LogP contribution is -2.05. The van der Waals surface area contributed by atoms with Crippen LogP contribution in [0.2, 0.25) is 0 Å². The second-order valence-electron chi connectivity index (χ2n) is 5.24. The highest BCUT2D eigenvalue weighted by Crippen LogP contribution is 2.35. The van der Waals surface area contributed by atoms with Crippen LogP contribution in [0.1, 0.15) is 70.6 Å². The smallest absolute Gasteiger partial charge is 0.0412 e. The Morgan fingerprint density at radius 3 is 1.38 bits per heavy atom. The summed E-state index contributed by atoms with van der Waals surface area (Å²) in [4.78, 5) is 0. The molecule has 0 atom stereocenters. The molecule has 0 aromatic heterocycles. The van der Waals surface area contributed by atoms with Gasteiger partial charge < -0.3 is 0 Å². The van der Waals surface area contributed by atoms with Gasteiger partial charge in [-0.25, -0.2) is 0 Å². The molecule has 0 saturated heterocycles. The van der Waals surface area contributed by atoms with Crippen molar-refractivity contribution < 1.29 is 0 Å². The lowest BCUT2D eigenvalue weighted by atomic mass is 9.88. The van der Waals surface area contributed by atoms with E-state index in [4.69, 9.17) is 0 Å². The summed E-state index contributed by atoms with van der Waals surface area (Å²) in [7, 11) is 0. The number of rotatable bonds is 2. The summed E-state index contributed by atoms with van der Waals surface area (Å²) in [6.07, 6.45) is 16.9.